The van der Waals surface area contributed by atoms with Crippen LogP contribution in [0.3, 0.4) is 0 Å². The van der Waals surface area contributed by atoms with Crippen molar-refractivity contribution in [2.24, 2.45) is 5.10 Å². The summed E-state index contributed by atoms with van der Waals surface area (Å²) in [5.41, 5.74) is 4.51. The summed E-state index contributed by atoms with van der Waals surface area (Å²) in [6.45, 7) is 3.72. The number of nitrogens with one attached hydrogen (secondary N) is 2. The number of amides is 1. The summed E-state index contributed by atoms with van der Waals surface area (Å²) < 4.78 is 1.79. The van der Waals surface area contributed by atoms with Gasteiger partial charge in [-0.2, -0.15) is 5.10 Å². The Morgan fingerprint density at radius 1 is 1.28 bits per heavy atom. The predicted octanol–water partition coefficient (Wildman–Crippen LogP) is 4.21. The van der Waals surface area contributed by atoms with E-state index >= 15 is 0 Å². The molecule has 0 aromatic heterocycles. The van der Waals surface area contributed by atoms with Crippen molar-refractivity contribution in [3.8, 4) is 5.75 Å². The minimum Gasteiger partial charge on any atom is -0.507 e. The number of hydrazone groups is 1. The maximum Gasteiger partial charge on any atom is 0.259 e. The van der Waals surface area contributed by atoms with Gasteiger partial charge in [0.05, 0.1) is 12.8 Å². The number of nitrogens with zero attached hydrogens (tertiary/aromatic N) is 1. The molecule has 0 aliphatic heterocycles. The van der Waals surface area contributed by atoms with Crippen LogP contribution in [-0.4, -0.2) is 23.8 Å². The normalized spacial score (nSPS) is 10.6. The Hall–Kier alpha value is -2.12. The smallest absolute Gasteiger partial charge is 0.259 e. The number of halogens is 2. The van der Waals surface area contributed by atoms with Crippen molar-refractivity contribution < 1.29 is 9.90 Å². The lowest BCUT2D eigenvalue weighted by Gasteiger charge is -2.08. The Kier molecular flexibility index (Phi) is 7.21. The highest BCUT2D eigenvalue weighted by molar-refractivity contribution is 9.11. The summed E-state index contributed by atoms with van der Waals surface area (Å²) in [5.74, 6) is -0.162. The maximum atomic E-state index is 11.9. The highest BCUT2D eigenvalue weighted by Crippen LogP contribution is 2.25. The van der Waals surface area contributed by atoms with Gasteiger partial charge in [-0.15, -0.1) is 6.58 Å². The number of carbonyl (C=O) groups is 1. The molecular weight excluding hydrogens is 450 g/mol. The fourth-order valence-corrected chi connectivity index (χ4v) is 3.24. The van der Waals surface area contributed by atoms with E-state index in [9.17, 15) is 9.90 Å². The van der Waals surface area contributed by atoms with E-state index in [2.05, 4.69) is 54.3 Å². The average Bonchev–Trinajstić information content (AvgIpc) is 2.57. The molecule has 0 saturated heterocycles. The zero-order chi connectivity index (χ0) is 18.2. The van der Waals surface area contributed by atoms with Crippen LogP contribution in [0.1, 0.15) is 11.1 Å². The van der Waals surface area contributed by atoms with Crippen LogP contribution in [0, 0.1) is 0 Å². The second kappa shape index (κ2) is 9.39. The number of aromatic hydroxyl groups is 1. The highest BCUT2D eigenvalue weighted by atomic mass is 79.9. The number of anilines is 1. The number of benzene rings is 2. The minimum atomic E-state index is -0.298. The third-order valence-corrected chi connectivity index (χ3v) is 4.43. The van der Waals surface area contributed by atoms with Crippen molar-refractivity contribution in [3.63, 3.8) is 0 Å². The number of phenols is 1. The van der Waals surface area contributed by atoms with E-state index in [0.717, 1.165) is 20.2 Å². The summed E-state index contributed by atoms with van der Waals surface area (Å²) in [7, 11) is 0. The maximum absolute atomic E-state index is 11.9. The van der Waals surface area contributed by atoms with Gasteiger partial charge in [-0.3, -0.25) is 4.79 Å². The van der Waals surface area contributed by atoms with E-state index in [-0.39, 0.29) is 18.2 Å². The molecular formula is C18H17Br2N3O2. The number of carbonyl (C=O) groups excluding carboxylic acids is 1. The van der Waals surface area contributed by atoms with Crippen molar-refractivity contribution in [2.45, 2.75) is 6.42 Å². The third kappa shape index (κ3) is 5.72. The molecule has 2 rings (SSSR count). The molecule has 0 bridgehead atoms. The first-order valence-corrected chi connectivity index (χ1v) is 9.02. The Balaban J connectivity index is 1.90. The molecule has 0 radical (unpaired) electrons. The molecule has 0 unspecified atom stereocenters. The molecule has 7 heteroatoms. The van der Waals surface area contributed by atoms with Gasteiger partial charge in [0.1, 0.15) is 5.75 Å². The summed E-state index contributed by atoms with van der Waals surface area (Å²) in [5, 5.41) is 17.0. The Morgan fingerprint density at radius 2 is 2.08 bits per heavy atom. The first-order valence-electron chi connectivity index (χ1n) is 7.44. The van der Waals surface area contributed by atoms with Gasteiger partial charge in [-0.1, -0.05) is 34.1 Å². The second-order valence-electron chi connectivity index (χ2n) is 5.12. The lowest BCUT2D eigenvalue weighted by atomic mass is 10.1. The molecule has 0 spiro atoms. The molecule has 2 aromatic rings. The van der Waals surface area contributed by atoms with Crippen LogP contribution < -0.4 is 10.7 Å². The largest absolute Gasteiger partial charge is 0.507 e. The van der Waals surface area contributed by atoms with Crippen molar-refractivity contribution in [1.82, 2.24) is 5.43 Å². The zero-order valence-electron chi connectivity index (χ0n) is 13.3. The van der Waals surface area contributed by atoms with E-state index in [1.54, 1.807) is 12.1 Å². The van der Waals surface area contributed by atoms with Crippen molar-refractivity contribution >= 4 is 49.7 Å². The Morgan fingerprint density at radius 3 is 2.80 bits per heavy atom. The molecule has 2 aromatic carbocycles. The topological polar surface area (TPSA) is 73.7 Å². The molecule has 25 heavy (non-hydrogen) atoms. The molecule has 0 atom stereocenters. The first kappa shape index (κ1) is 19.2. The quantitative estimate of drug-likeness (QED) is 0.325. The SMILES string of the molecule is C=CCc1cccc(/C=N\NC(=O)CNc2ccc(Br)cc2Br)c1O. The van der Waals surface area contributed by atoms with E-state index in [1.807, 2.05) is 30.3 Å². The van der Waals surface area contributed by atoms with Crippen LogP contribution in [0.4, 0.5) is 5.69 Å². The van der Waals surface area contributed by atoms with Crippen molar-refractivity contribution in [3.05, 3.63) is 69.1 Å². The minimum absolute atomic E-state index is 0.0695. The molecule has 5 nitrogen and oxygen atoms in total. The van der Waals surface area contributed by atoms with Crippen LogP contribution in [0.2, 0.25) is 0 Å². The first-order chi connectivity index (χ1) is 12.0. The summed E-state index contributed by atoms with van der Waals surface area (Å²) in [6, 6.07) is 11.0. The lowest BCUT2D eigenvalue weighted by molar-refractivity contribution is -0.119. The van der Waals surface area contributed by atoms with Gasteiger partial charge in [0.2, 0.25) is 0 Å². The molecule has 1 amide bonds. The standard InChI is InChI=1S/C18H17Br2N3O2/c1-2-4-12-5-3-6-13(18(12)25)10-22-23-17(24)11-21-16-8-7-14(19)9-15(16)20/h2-3,5-10,21,25H,1,4,11H2,(H,23,24)/b22-10-. The van der Waals surface area contributed by atoms with Crippen molar-refractivity contribution in [2.75, 3.05) is 11.9 Å². The summed E-state index contributed by atoms with van der Waals surface area (Å²) in [4.78, 5) is 11.9. The molecule has 0 aliphatic carbocycles. The molecule has 130 valence electrons. The van der Waals surface area contributed by atoms with Crippen LogP contribution >= 0.6 is 31.9 Å². The highest BCUT2D eigenvalue weighted by Gasteiger charge is 2.05. The number of para-hydroxylation sites is 1. The Bertz CT molecular complexity index is 807. The van der Waals surface area contributed by atoms with Crippen molar-refractivity contribution in [1.29, 1.82) is 0 Å². The van der Waals surface area contributed by atoms with Gasteiger partial charge in [0.15, 0.2) is 0 Å². The number of phenolic OH excluding ortho intramolecular Hbond substituents is 1. The van der Waals surface area contributed by atoms with Gasteiger partial charge < -0.3 is 10.4 Å². The van der Waals surface area contributed by atoms with Gasteiger partial charge in [-0.25, -0.2) is 5.43 Å². The summed E-state index contributed by atoms with van der Waals surface area (Å²) in [6.07, 6.45) is 3.69. The number of hydrogen-bond donors (Lipinski definition) is 3. The fourth-order valence-electron chi connectivity index (χ4n) is 2.06. The van der Waals surface area contributed by atoms with E-state index in [1.165, 1.54) is 6.21 Å². The monoisotopic (exact) mass is 465 g/mol. The predicted molar refractivity (Wildman–Crippen MR) is 108 cm³/mol. The van der Waals surface area contributed by atoms with Gasteiger partial charge in [-0.05, 0) is 52.2 Å². The zero-order valence-corrected chi connectivity index (χ0v) is 16.5. The molecule has 0 aliphatic rings. The molecule has 0 fully saturated rings. The van der Waals surface area contributed by atoms with Crippen LogP contribution in [-0.2, 0) is 11.2 Å². The third-order valence-electron chi connectivity index (χ3n) is 3.28. The van der Waals surface area contributed by atoms with E-state index in [4.69, 9.17) is 0 Å². The average molecular weight is 467 g/mol. The second-order valence-corrected chi connectivity index (χ2v) is 6.89. The van der Waals surface area contributed by atoms with E-state index < -0.39 is 0 Å². The van der Waals surface area contributed by atoms with Crippen LogP contribution in [0.25, 0.3) is 0 Å². The molecule has 0 heterocycles. The molecule has 0 saturated carbocycles. The lowest BCUT2D eigenvalue weighted by Crippen LogP contribution is -2.26. The Labute approximate surface area is 163 Å². The van der Waals surface area contributed by atoms with Gasteiger partial charge in [0, 0.05) is 20.2 Å². The van der Waals surface area contributed by atoms with E-state index in [0.29, 0.717) is 12.0 Å². The number of hydrogen-bond acceptors (Lipinski definition) is 4. The molecule has 3 N–H and O–H groups in total. The number of rotatable bonds is 7. The summed E-state index contributed by atoms with van der Waals surface area (Å²) >= 11 is 6.79. The van der Waals surface area contributed by atoms with Gasteiger partial charge in [0.25, 0.3) is 5.91 Å². The fraction of sp³-hybridized carbons (Fsp3) is 0.111. The van der Waals surface area contributed by atoms with Crippen LogP contribution in [0.15, 0.2) is 63.1 Å². The number of allylic oxidation sites excluding steroid dienone is 1. The van der Waals surface area contributed by atoms with Gasteiger partial charge >= 0.3 is 0 Å². The van der Waals surface area contributed by atoms with Crippen LogP contribution in [0.5, 0.6) is 5.75 Å².